The molecule has 6 nitrogen and oxygen atoms in total. The predicted molar refractivity (Wildman–Crippen MR) is 91.7 cm³/mol. The van der Waals surface area contributed by atoms with Gasteiger partial charge in [-0.1, -0.05) is 12.8 Å². The van der Waals surface area contributed by atoms with Crippen molar-refractivity contribution >= 4 is 17.7 Å². The van der Waals surface area contributed by atoms with Crippen LogP contribution in [-0.2, 0) is 4.79 Å². The summed E-state index contributed by atoms with van der Waals surface area (Å²) in [6.07, 6.45) is 6.93. The molecule has 2 heterocycles. The van der Waals surface area contributed by atoms with Crippen LogP contribution in [0.25, 0.3) is 0 Å². The lowest BCUT2D eigenvalue weighted by Crippen LogP contribution is -2.33. The normalized spacial score (nSPS) is 18.4. The van der Waals surface area contributed by atoms with Crippen molar-refractivity contribution in [1.29, 1.82) is 0 Å². The van der Waals surface area contributed by atoms with Crippen molar-refractivity contribution in [1.82, 2.24) is 15.3 Å². The largest absolute Gasteiger partial charge is 0.356 e. The molecule has 0 radical (unpaired) electrons. The summed E-state index contributed by atoms with van der Waals surface area (Å²) < 4.78 is 0. The van der Waals surface area contributed by atoms with Gasteiger partial charge in [-0.2, -0.15) is 4.98 Å². The minimum absolute atomic E-state index is 0.201. The van der Waals surface area contributed by atoms with Crippen LogP contribution in [0.2, 0.25) is 0 Å². The second-order valence-corrected chi connectivity index (χ2v) is 6.58. The molecule has 1 saturated heterocycles. The smallest absolute Gasteiger partial charge is 0.224 e. The Morgan fingerprint density at radius 2 is 1.91 bits per heavy atom. The molecule has 23 heavy (non-hydrogen) atoms. The summed E-state index contributed by atoms with van der Waals surface area (Å²) in [5, 5.41) is 6.24. The summed E-state index contributed by atoms with van der Waals surface area (Å²) in [6.45, 7) is 5.42. The van der Waals surface area contributed by atoms with Crippen molar-refractivity contribution in [3.05, 3.63) is 11.8 Å². The molecule has 3 rings (SSSR count). The number of aromatic nitrogens is 2. The summed E-state index contributed by atoms with van der Waals surface area (Å²) in [6, 6.07) is 2.04. The Kier molecular flexibility index (Phi) is 5.31. The van der Waals surface area contributed by atoms with Crippen LogP contribution in [0, 0.1) is 12.8 Å². The number of hydrogen-bond acceptors (Lipinski definition) is 5. The van der Waals surface area contributed by atoms with E-state index in [0.717, 1.165) is 37.4 Å². The van der Waals surface area contributed by atoms with Crippen LogP contribution >= 0.6 is 0 Å². The van der Waals surface area contributed by atoms with Gasteiger partial charge in [0.15, 0.2) is 0 Å². The molecule has 1 aliphatic carbocycles. The number of anilines is 2. The molecule has 6 heteroatoms. The monoisotopic (exact) mass is 317 g/mol. The molecular weight excluding hydrogens is 290 g/mol. The van der Waals surface area contributed by atoms with Gasteiger partial charge in [0.1, 0.15) is 5.82 Å². The Morgan fingerprint density at radius 3 is 2.65 bits per heavy atom. The van der Waals surface area contributed by atoms with Crippen molar-refractivity contribution in [3.63, 3.8) is 0 Å². The van der Waals surface area contributed by atoms with E-state index in [1.807, 2.05) is 13.0 Å². The van der Waals surface area contributed by atoms with E-state index in [1.165, 1.54) is 25.7 Å². The molecule has 126 valence electrons. The van der Waals surface area contributed by atoms with Crippen LogP contribution in [0.3, 0.4) is 0 Å². The van der Waals surface area contributed by atoms with Crippen molar-refractivity contribution < 1.29 is 4.79 Å². The van der Waals surface area contributed by atoms with E-state index in [2.05, 4.69) is 25.5 Å². The number of carbonyl (C=O) groups excluding carboxylic acids is 1. The number of aryl methyl sites for hydroxylation is 1. The van der Waals surface area contributed by atoms with Crippen LogP contribution < -0.4 is 15.5 Å². The minimum Gasteiger partial charge on any atom is -0.356 e. The maximum absolute atomic E-state index is 12.0. The first-order chi connectivity index (χ1) is 11.2. The fraction of sp³-hybridized carbons (Fsp3) is 0.706. The van der Waals surface area contributed by atoms with Crippen molar-refractivity contribution in [2.75, 3.05) is 36.4 Å². The van der Waals surface area contributed by atoms with E-state index in [4.69, 9.17) is 0 Å². The van der Waals surface area contributed by atoms with Crippen LogP contribution in [0.1, 0.15) is 44.2 Å². The molecule has 2 N–H and O–H groups in total. The van der Waals surface area contributed by atoms with Crippen LogP contribution in [-0.4, -0.2) is 42.1 Å². The van der Waals surface area contributed by atoms with Crippen molar-refractivity contribution in [2.24, 2.45) is 5.92 Å². The lowest BCUT2D eigenvalue weighted by molar-refractivity contribution is -0.124. The number of nitrogens with one attached hydrogen (secondary N) is 2. The van der Waals surface area contributed by atoms with Crippen LogP contribution in [0.4, 0.5) is 11.8 Å². The fourth-order valence-electron chi connectivity index (χ4n) is 3.43. The summed E-state index contributed by atoms with van der Waals surface area (Å²) in [5.74, 6) is 2.09. The van der Waals surface area contributed by atoms with Gasteiger partial charge >= 0.3 is 0 Å². The van der Waals surface area contributed by atoms with Gasteiger partial charge in [-0.25, -0.2) is 4.98 Å². The van der Waals surface area contributed by atoms with Gasteiger partial charge in [0.25, 0.3) is 0 Å². The van der Waals surface area contributed by atoms with Crippen molar-refractivity contribution in [3.8, 4) is 0 Å². The van der Waals surface area contributed by atoms with E-state index in [9.17, 15) is 4.79 Å². The quantitative estimate of drug-likeness (QED) is 0.786. The summed E-state index contributed by atoms with van der Waals surface area (Å²) in [5.41, 5.74) is 0.972. The fourth-order valence-corrected chi connectivity index (χ4v) is 3.43. The molecule has 1 aromatic heterocycles. The molecule has 2 fully saturated rings. The Hall–Kier alpha value is -1.85. The van der Waals surface area contributed by atoms with Crippen molar-refractivity contribution in [2.45, 2.75) is 45.4 Å². The zero-order chi connectivity index (χ0) is 16.1. The first kappa shape index (κ1) is 16.0. The number of carbonyl (C=O) groups is 1. The van der Waals surface area contributed by atoms with E-state index in [1.54, 1.807) is 0 Å². The number of nitrogens with zero attached hydrogens (tertiary/aromatic N) is 3. The van der Waals surface area contributed by atoms with E-state index < -0.39 is 0 Å². The second kappa shape index (κ2) is 7.62. The Bertz CT molecular complexity index is 536. The average Bonchev–Trinajstić information content (AvgIpc) is 3.23. The first-order valence-electron chi connectivity index (χ1n) is 8.84. The zero-order valence-electron chi connectivity index (χ0n) is 14.0. The molecule has 0 atom stereocenters. The summed E-state index contributed by atoms with van der Waals surface area (Å²) >= 11 is 0. The number of hydrogen-bond donors (Lipinski definition) is 2. The lowest BCUT2D eigenvalue weighted by Gasteiger charge is -2.18. The maximum Gasteiger partial charge on any atom is 0.224 e. The zero-order valence-corrected chi connectivity index (χ0v) is 14.0. The summed E-state index contributed by atoms with van der Waals surface area (Å²) in [4.78, 5) is 23.3. The SMILES string of the molecule is Cc1cc(N2CCCC2)nc(NCCNC(=O)C2CCCC2)n1. The Labute approximate surface area is 138 Å². The number of rotatable bonds is 6. The van der Waals surface area contributed by atoms with E-state index >= 15 is 0 Å². The van der Waals surface area contributed by atoms with Gasteiger partial charge in [0.05, 0.1) is 0 Å². The highest BCUT2D eigenvalue weighted by molar-refractivity contribution is 5.78. The van der Waals surface area contributed by atoms with Gasteiger partial charge in [-0.15, -0.1) is 0 Å². The third-order valence-electron chi connectivity index (χ3n) is 4.70. The summed E-state index contributed by atoms with van der Waals surface area (Å²) in [7, 11) is 0. The van der Waals surface area contributed by atoms with Gasteiger partial charge in [0, 0.05) is 43.9 Å². The standard InChI is InChI=1S/C17H27N5O/c1-13-12-15(22-10-4-5-11-22)21-17(20-13)19-9-8-18-16(23)14-6-2-3-7-14/h12,14H,2-11H2,1H3,(H,18,23)(H,19,20,21). The van der Waals surface area contributed by atoms with E-state index in [0.29, 0.717) is 19.0 Å². The third kappa shape index (κ3) is 4.33. The first-order valence-corrected chi connectivity index (χ1v) is 8.84. The van der Waals surface area contributed by atoms with Gasteiger partial charge < -0.3 is 15.5 Å². The molecule has 1 saturated carbocycles. The molecule has 0 aromatic carbocycles. The molecule has 1 aromatic rings. The molecule has 0 unspecified atom stereocenters. The Morgan fingerprint density at radius 1 is 1.17 bits per heavy atom. The maximum atomic E-state index is 12.0. The lowest BCUT2D eigenvalue weighted by atomic mass is 10.1. The molecule has 0 bridgehead atoms. The average molecular weight is 317 g/mol. The third-order valence-corrected chi connectivity index (χ3v) is 4.70. The van der Waals surface area contributed by atoms with E-state index in [-0.39, 0.29) is 11.8 Å². The Balaban J connectivity index is 1.46. The van der Waals surface area contributed by atoms with Crippen LogP contribution in [0.15, 0.2) is 6.07 Å². The molecular formula is C17H27N5O. The van der Waals surface area contributed by atoms with Crippen LogP contribution in [0.5, 0.6) is 0 Å². The van der Waals surface area contributed by atoms with Gasteiger partial charge in [-0.3, -0.25) is 4.79 Å². The molecule has 1 aliphatic heterocycles. The van der Waals surface area contributed by atoms with Gasteiger partial charge in [-0.05, 0) is 32.6 Å². The van der Waals surface area contributed by atoms with Gasteiger partial charge in [0.2, 0.25) is 11.9 Å². The molecule has 2 aliphatic rings. The molecule has 1 amide bonds. The second-order valence-electron chi connectivity index (χ2n) is 6.58. The minimum atomic E-state index is 0.201. The molecule has 0 spiro atoms. The highest BCUT2D eigenvalue weighted by atomic mass is 16.1. The number of amides is 1. The topological polar surface area (TPSA) is 70.2 Å². The highest BCUT2D eigenvalue weighted by Gasteiger charge is 2.22. The highest BCUT2D eigenvalue weighted by Crippen LogP contribution is 2.24. The predicted octanol–water partition coefficient (Wildman–Crippen LogP) is 2.10.